The number of nitrogens with two attached hydrogens (primary N) is 3. The maximum atomic E-state index is 14.0. The van der Waals surface area contributed by atoms with Crippen molar-refractivity contribution in [2.75, 3.05) is 58.2 Å². The van der Waals surface area contributed by atoms with Gasteiger partial charge in [-0.1, -0.05) is 0 Å². The van der Waals surface area contributed by atoms with Crippen molar-refractivity contribution in [3.05, 3.63) is 54.6 Å². The Balaban J connectivity index is 1.95. The van der Waals surface area contributed by atoms with Gasteiger partial charge in [0, 0.05) is 18.2 Å². The molecule has 0 aliphatic rings. The Kier molecular flexibility index (Phi) is 10.7. The largest absolute Gasteiger partial charge is 0.543 e. The molecule has 3 rings (SSSR count). The number of hydrazine groups is 3. The van der Waals surface area contributed by atoms with Gasteiger partial charge in [0.25, 0.3) is 0 Å². The molecule has 3 aromatic rings. The van der Waals surface area contributed by atoms with Gasteiger partial charge >= 0.3 is 7.82 Å². The summed E-state index contributed by atoms with van der Waals surface area (Å²) in [7, 11) is 3.89. The number of ether oxygens (including phenoxy) is 6. The van der Waals surface area contributed by atoms with E-state index < -0.39 is 7.82 Å². The molecule has 3 aromatic carbocycles. The third kappa shape index (κ3) is 7.53. The lowest BCUT2D eigenvalue weighted by Crippen LogP contribution is -2.38. The first kappa shape index (κ1) is 31.4. The topological polar surface area (TPSA) is 188 Å². The second-order valence-electron chi connectivity index (χ2n) is 7.79. The van der Waals surface area contributed by atoms with Crippen LogP contribution < -0.4 is 61.5 Å². The van der Waals surface area contributed by atoms with Crippen LogP contribution in [0.25, 0.3) is 0 Å². The molecule has 17 heteroatoms. The van der Waals surface area contributed by atoms with Crippen molar-refractivity contribution in [3.8, 4) is 34.5 Å². The highest BCUT2D eigenvalue weighted by atomic mass is 31.2. The molecular weight excluding hydrogens is 563 g/mol. The Bertz CT molecular complexity index is 1210. The summed E-state index contributed by atoms with van der Waals surface area (Å²) < 4.78 is 61.9. The molecule has 0 aromatic heterocycles. The highest BCUT2D eigenvalue weighted by molar-refractivity contribution is 7.48. The average Bonchev–Trinajstić information content (AvgIpc) is 2.99. The van der Waals surface area contributed by atoms with Crippen LogP contribution in [-0.2, 0) is 18.4 Å². The smallest absolute Gasteiger partial charge is 0.493 e. The number of phosphoric acid groups is 1. The van der Waals surface area contributed by atoms with E-state index in [0.717, 1.165) is 0 Å². The maximum Gasteiger partial charge on any atom is 0.543 e. The maximum absolute atomic E-state index is 14.0. The van der Waals surface area contributed by atoms with E-state index in [1.54, 1.807) is 18.2 Å². The van der Waals surface area contributed by atoms with Crippen LogP contribution in [0.5, 0.6) is 34.5 Å². The van der Waals surface area contributed by atoms with E-state index >= 15 is 0 Å². The highest BCUT2D eigenvalue weighted by Crippen LogP contribution is 2.53. The molecule has 0 fully saturated rings. The summed E-state index contributed by atoms with van der Waals surface area (Å²) in [6.45, 7) is 0. The molecule has 0 saturated heterocycles. The van der Waals surface area contributed by atoms with Crippen molar-refractivity contribution >= 4 is 24.9 Å². The van der Waals surface area contributed by atoms with Gasteiger partial charge in [-0.2, -0.15) is 15.5 Å². The summed E-state index contributed by atoms with van der Waals surface area (Å²) in [5, 5.41) is 1.90. The van der Waals surface area contributed by atoms with Crippen LogP contribution in [0.3, 0.4) is 0 Å². The normalized spacial score (nSPS) is 11.0. The van der Waals surface area contributed by atoms with E-state index in [2.05, 4.69) is 0 Å². The summed E-state index contributed by atoms with van der Waals surface area (Å²) in [6.07, 6.45) is 0. The van der Waals surface area contributed by atoms with Crippen molar-refractivity contribution in [2.45, 2.75) is 0 Å². The summed E-state index contributed by atoms with van der Waals surface area (Å²) in [6, 6.07) is 13.6. The fraction of sp³-hybridized carbons (Fsp3) is 0.250. The predicted molar refractivity (Wildman–Crippen MR) is 149 cm³/mol. The average molecular weight is 597 g/mol. The Morgan fingerprint density at radius 2 is 0.707 bits per heavy atom. The van der Waals surface area contributed by atoms with Gasteiger partial charge in [0.05, 0.1) is 59.7 Å². The number of hydrogen-bond donors (Lipinski definition) is 3. The van der Waals surface area contributed by atoms with E-state index in [-0.39, 0.29) is 17.1 Å². The molecule has 0 aliphatic carbocycles. The minimum atomic E-state index is -4.82. The van der Waals surface area contributed by atoms with Gasteiger partial charge in [-0.05, 0) is 36.4 Å². The number of anilines is 3. The Labute approximate surface area is 236 Å². The van der Waals surface area contributed by atoms with Crippen molar-refractivity contribution in [1.29, 1.82) is 0 Å². The Morgan fingerprint density at radius 1 is 0.463 bits per heavy atom. The first-order valence-corrected chi connectivity index (χ1v) is 13.1. The zero-order valence-corrected chi connectivity index (χ0v) is 24.2. The third-order valence-electron chi connectivity index (χ3n) is 5.43. The number of benzene rings is 3. The number of rotatable bonds is 15. The van der Waals surface area contributed by atoms with E-state index in [9.17, 15) is 4.57 Å². The van der Waals surface area contributed by atoms with Crippen LogP contribution in [0, 0.1) is 0 Å². The third-order valence-corrected chi connectivity index (χ3v) is 6.56. The van der Waals surface area contributed by atoms with E-state index in [1.165, 1.54) is 79.1 Å². The van der Waals surface area contributed by atoms with Crippen LogP contribution in [-0.4, -0.2) is 42.7 Å². The standard InChI is InChI=1S/C24H33N6O10P/c1-32-19-10-7-16(13-22(19)35-4)28(25)38-41(31,39-29(26)17-8-11-20(33-2)23(14-17)36-5)40-30(27)18-9-12-21(34-3)24(15-18)37-6/h7-15H,25-27H2,1-6H3. The molecular formula is C24H33N6O10P. The molecule has 41 heavy (non-hydrogen) atoms. The van der Waals surface area contributed by atoms with Gasteiger partial charge < -0.3 is 28.4 Å². The van der Waals surface area contributed by atoms with Crippen molar-refractivity contribution < 1.29 is 46.9 Å². The highest BCUT2D eigenvalue weighted by Gasteiger charge is 2.37. The zero-order chi connectivity index (χ0) is 30.2. The van der Waals surface area contributed by atoms with Gasteiger partial charge in [0.2, 0.25) is 0 Å². The summed E-state index contributed by atoms with van der Waals surface area (Å²) >= 11 is 0. The molecule has 0 amide bonds. The molecule has 0 aliphatic heterocycles. The SMILES string of the molecule is COc1ccc(N(N)OP(=O)(ON(N)c2ccc(OC)c(OC)c2)ON(N)c2ccc(OC)c(OC)c2)cc1OC. The van der Waals surface area contributed by atoms with Gasteiger partial charge in [-0.15, -0.1) is 13.9 Å². The second-order valence-corrected chi connectivity index (χ2v) is 9.17. The number of methoxy groups -OCH3 is 6. The Morgan fingerprint density at radius 3 is 0.927 bits per heavy atom. The summed E-state index contributed by atoms with van der Waals surface area (Å²) in [5.41, 5.74) is 0.540. The summed E-state index contributed by atoms with van der Waals surface area (Å²) in [4.78, 5) is 0. The molecule has 0 bridgehead atoms. The zero-order valence-electron chi connectivity index (χ0n) is 23.3. The lowest BCUT2D eigenvalue weighted by atomic mass is 10.3. The van der Waals surface area contributed by atoms with Gasteiger partial charge in [0.15, 0.2) is 34.5 Å². The molecule has 0 atom stereocenters. The van der Waals surface area contributed by atoms with E-state index in [0.29, 0.717) is 50.0 Å². The van der Waals surface area contributed by atoms with Crippen molar-refractivity contribution in [2.24, 2.45) is 17.5 Å². The number of nitrogens with zero attached hydrogens (tertiary/aromatic N) is 3. The first-order chi connectivity index (χ1) is 19.6. The lowest BCUT2D eigenvalue weighted by molar-refractivity contribution is 0.0859. The van der Waals surface area contributed by atoms with Crippen LogP contribution in [0.15, 0.2) is 54.6 Å². The summed E-state index contributed by atoms with van der Waals surface area (Å²) in [5.74, 6) is 20.5. The molecule has 0 saturated carbocycles. The fourth-order valence-corrected chi connectivity index (χ4v) is 4.41. The molecule has 224 valence electrons. The van der Waals surface area contributed by atoms with Crippen molar-refractivity contribution in [1.82, 2.24) is 0 Å². The van der Waals surface area contributed by atoms with Gasteiger partial charge in [0.1, 0.15) is 0 Å². The second kappa shape index (κ2) is 14.0. The van der Waals surface area contributed by atoms with Gasteiger partial charge in [-0.3, -0.25) is 0 Å². The Hall–Kier alpha value is -4.15. The molecule has 16 nitrogen and oxygen atoms in total. The molecule has 0 radical (unpaired) electrons. The minimum absolute atomic E-state index is 0.180. The van der Waals surface area contributed by atoms with Crippen LogP contribution in [0.1, 0.15) is 0 Å². The first-order valence-electron chi connectivity index (χ1n) is 11.6. The molecule has 0 unspecified atom stereocenters. The molecule has 0 heterocycles. The molecule has 6 N–H and O–H groups in total. The monoisotopic (exact) mass is 596 g/mol. The van der Waals surface area contributed by atoms with Crippen LogP contribution >= 0.6 is 7.82 Å². The lowest BCUT2D eigenvalue weighted by Gasteiger charge is -2.29. The fourth-order valence-electron chi connectivity index (χ4n) is 3.40. The molecule has 0 spiro atoms. The van der Waals surface area contributed by atoms with Gasteiger partial charge in [-0.25, -0.2) is 22.1 Å². The quantitative estimate of drug-likeness (QED) is 0.132. The van der Waals surface area contributed by atoms with E-state index in [4.69, 9.17) is 59.8 Å². The van der Waals surface area contributed by atoms with Crippen LogP contribution in [0.2, 0.25) is 0 Å². The minimum Gasteiger partial charge on any atom is -0.493 e. The van der Waals surface area contributed by atoms with Crippen molar-refractivity contribution in [3.63, 3.8) is 0 Å². The predicted octanol–water partition coefficient (Wildman–Crippen LogP) is 3.08. The van der Waals surface area contributed by atoms with Crippen LogP contribution in [0.4, 0.5) is 17.1 Å². The van der Waals surface area contributed by atoms with E-state index in [1.807, 2.05) is 0 Å². The number of hydrogen-bond acceptors (Lipinski definition) is 16.